The summed E-state index contributed by atoms with van der Waals surface area (Å²) in [6.45, 7) is 3.10. The lowest BCUT2D eigenvalue weighted by Crippen LogP contribution is -2.39. The molecule has 35 heavy (non-hydrogen) atoms. The number of urea groups is 1. The van der Waals surface area contributed by atoms with E-state index in [1.165, 1.54) is 0 Å². The first-order valence-corrected chi connectivity index (χ1v) is 12.4. The number of benzene rings is 2. The van der Waals surface area contributed by atoms with E-state index in [4.69, 9.17) is 9.84 Å². The monoisotopic (exact) mass is 479 g/mol. The average Bonchev–Trinajstić information content (AvgIpc) is 2.84. The lowest BCUT2D eigenvalue weighted by atomic mass is 9.85. The van der Waals surface area contributed by atoms with Gasteiger partial charge in [0.15, 0.2) is 0 Å². The van der Waals surface area contributed by atoms with E-state index in [1.807, 2.05) is 42.5 Å². The Morgan fingerprint density at radius 3 is 2.46 bits per heavy atom. The molecule has 0 atom stereocenters. The Morgan fingerprint density at radius 2 is 1.74 bits per heavy atom. The van der Waals surface area contributed by atoms with E-state index in [9.17, 15) is 14.4 Å². The Hall–Kier alpha value is -3.55. The summed E-state index contributed by atoms with van der Waals surface area (Å²) in [5.74, 6) is -0.589. The summed E-state index contributed by atoms with van der Waals surface area (Å²) in [5.41, 5.74) is 4.77. The highest BCUT2D eigenvalue weighted by Crippen LogP contribution is 2.30. The topological polar surface area (TPSA) is 108 Å². The third kappa shape index (κ3) is 6.74. The molecule has 1 aliphatic carbocycles. The molecule has 8 heteroatoms. The minimum absolute atomic E-state index is 0.142. The zero-order valence-corrected chi connectivity index (χ0v) is 20.1. The van der Waals surface area contributed by atoms with Gasteiger partial charge in [0, 0.05) is 30.9 Å². The standard InChI is InChI=1S/C27H33N3O5/c1-2-18-4-3-5-22(14-18)28-26(33)29-23-9-8-21-17-30(13-12-20(21)16-23)27(34)35-24-10-6-19(7-11-24)15-25(31)32/h3-5,8-9,14,16,19,24H,2,6-7,10-13,15,17H2,1H3,(H,31,32)(H2,28,29,33)/t19-,24-. The number of rotatable bonds is 6. The minimum atomic E-state index is -0.766. The van der Waals surface area contributed by atoms with Gasteiger partial charge in [0.1, 0.15) is 6.10 Å². The number of aliphatic carboxylic acids is 1. The number of nitrogens with zero attached hydrogens (tertiary/aromatic N) is 1. The van der Waals surface area contributed by atoms with Crippen molar-refractivity contribution in [3.63, 3.8) is 0 Å². The molecule has 1 aliphatic heterocycles. The van der Waals surface area contributed by atoms with E-state index >= 15 is 0 Å². The maximum absolute atomic E-state index is 12.7. The van der Waals surface area contributed by atoms with Crippen molar-refractivity contribution in [3.8, 4) is 0 Å². The van der Waals surface area contributed by atoms with Gasteiger partial charge in [0.25, 0.3) is 0 Å². The molecule has 2 aliphatic rings. The van der Waals surface area contributed by atoms with Crippen LogP contribution in [-0.4, -0.2) is 40.7 Å². The van der Waals surface area contributed by atoms with Crippen LogP contribution in [0.25, 0.3) is 0 Å². The number of nitrogens with one attached hydrogen (secondary N) is 2. The molecule has 2 aromatic carbocycles. The molecular weight excluding hydrogens is 446 g/mol. The van der Waals surface area contributed by atoms with Gasteiger partial charge in [0.05, 0.1) is 0 Å². The number of carboxylic acid groups (broad SMARTS) is 1. The molecule has 3 amide bonds. The first-order valence-electron chi connectivity index (χ1n) is 12.4. The lowest BCUT2D eigenvalue weighted by molar-refractivity contribution is -0.138. The van der Waals surface area contributed by atoms with E-state index in [1.54, 1.807) is 4.90 Å². The van der Waals surface area contributed by atoms with Crippen molar-refractivity contribution < 1.29 is 24.2 Å². The fraction of sp³-hybridized carbons (Fsp3) is 0.444. The van der Waals surface area contributed by atoms with E-state index in [-0.39, 0.29) is 30.6 Å². The third-order valence-corrected chi connectivity index (χ3v) is 6.85. The molecule has 0 bridgehead atoms. The Bertz CT molecular complexity index is 1080. The fourth-order valence-electron chi connectivity index (χ4n) is 4.87. The number of hydrogen-bond donors (Lipinski definition) is 3. The fourth-order valence-corrected chi connectivity index (χ4v) is 4.87. The summed E-state index contributed by atoms with van der Waals surface area (Å²) in [7, 11) is 0. The van der Waals surface area contributed by atoms with Crippen LogP contribution in [0.1, 0.15) is 55.7 Å². The SMILES string of the molecule is CCc1cccc(NC(=O)Nc2ccc3c(c2)CCN(C(=O)O[C@H]2CC[C@H](CC(=O)O)CC2)C3)c1. The second-order valence-corrected chi connectivity index (χ2v) is 9.41. The number of aryl methyl sites for hydroxylation is 1. The smallest absolute Gasteiger partial charge is 0.410 e. The maximum Gasteiger partial charge on any atom is 0.410 e. The van der Waals surface area contributed by atoms with Crippen LogP contribution in [0, 0.1) is 5.92 Å². The van der Waals surface area contributed by atoms with E-state index < -0.39 is 5.97 Å². The van der Waals surface area contributed by atoms with E-state index in [0.29, 0.717) is 38.0 Å². The summed E-state index contributed by atoms with van der Waals surface area (Å²) < 4.78 is 5.72. The number of fused-ring (bicyclic) bond motifs is 1. The van der Waals surface area contributed by atoms with Crippen LogP contribution in [0.5, 0.6) is 0 Å². The Balaban J connectivity index is 1.27. The van der Waals surface area contributed by atoms with Crippen LogP contribution >= 0.6 is 0 Å². The van der Waals surface area contributed by atoms with Crippen molar-refractivity contribution in [2.45, 2.75) is 64.5 Å². The molecule has 1 heterocycles. The van der Waals surface area contributed by atoms with Gasteiger partial charge in [-0.1, -0.05) is 25.1 Å². The van der Waals surface area contributed by atoms with Crippen LogP contribution in [0.2, 0.25) is 0 Å². The number of carbonyl (C=O) groups is 3. The van der Waals surface area contributed by atoms with Crippen molar-refractivity contribution in [2.24, 2.45) is 5.92 Å². The number of ether oxygens (including phenoxy) is 1. The van der Waals surface area contributed by atoms with E-state index in [0.717, 1.165) is 41.6 Å². The molecule has 4 rings (SSSR count). The first kappa shape index (κ1) is 24.6. The van der Waals surface area contributed by atoms with Gasteiger partial charge >= 0.3 is 18.1 Å². The van der Waals surface area contributed by atoms with Gasteiger partial charge in [-0.15, -0.1) is 0 Å². The van der Waals surface area contributed by atoms with Crippen LogP contribution < -0.4 is 10.6 Å². The molecule has 1 saturated carbocycles. The van der Waals surface area contributed by atoms with Crippen LogP contribution in [0.4, 0.5) is 21.0 Å². The zero-order chi connectivity index (χ0) is 24.8. The predicted octanol–water partition coefficient (Wildman–Crippen LogP) is 5.42. The molecule has 0 aromatic heterocycles. The number of amides is 3. The molecular formula is C27H33N3O5. The lowest BCUT2D eigenvalue weighted by Gasteiger charge is -2.32. The predicted molar refractivity (Wildman–Crippen MR) is 133 cm³/mol. The Morgan fingerprint density at radius 1 is 1.00 bits per heavy atom. The Kier molecular flexibility index (Phi) is 7.90. The minimum Gasteiger partial charge on any atom is -0.481 e. The highest BCUT2D eigenvalue weighted by Gasteiger charge is 2.28. The average molecular weight is 480 g/mol. The molecule has 0 unspecified atom stereocenters. The van der Waals surface area contributed by atoms with Gasteiger partial charge in [0.2, 0.25) is 0 Å². The molecule has 0 spiro atoms. The van der Waals surface area contributed by atoms with Crippen molar-refractivity contribution in [2.75, 3.05) is 17.2 Å². The highest BCUT2D eigenvalue weighted by atomic mass is 16.6. The van der Waals surface area contributed by atoms with Crippen molar-refractivity contribution in [3.05, 3.63) is 59.2 Å². The van der Waals surface area contributed by atoms with Crippen LogP contribution in [-0.2, 0) is 28.9 Å². The summed E-state index contributed by atoms with van der Waals surface area (Å²) in [6, 6.07) is 13.2. The second-order valence-electron chi connectivity index (χ2n) is 9.41. The molecule has 3 N–H and O–H groups in total. The largest absolute Gasteiger partial charge is 0.481 e. The molecule has 1 fully saturated rings. The van der Waals surface area contributed by atoms with Gasteiger partial charge < -0.3 is 25.4 Å². The number of anilines is 2. The maximum atomic E-state index is 12.7. The molecule has 2 aromatic rings. The number of carbonyl (C=O) groups excluding carboxylic acids is 2. The normalized spacial score (nSPS) is 19.4. The van der Waals surface area contributed by atoms with Gasteiger partial charge in [-0.2, -0.15) is 0 Å². The first-order chi connectivity index (χ1) is 16.9. The molecule has 186 valence electrons. The Labute approximate surface area is 205 Å². The number of hydrogen-bond acceptors (Lipinski definition) is 4. The van der Waals surface area contributed by atoms with Gasteiger partial charge in [-0.25, -0.2) is 9.59 Å². The highest BCUT2D eigenvalue weighted by molar-refractivity contribution is 5.99. The van der Waals surface area contributed by atoms with Crippen molar-refractivity contribution in [1.82, 2.24) is 4.90 Å². The third-order valence-electron chi connectivity index (χ3n) is 6.85. The van der Waals surface area contributed by atoms with E-state index in [2.05, 4.69) is 17.6 Å². The second kappa shape index (κ2) is 11.3. The van der Waals surface area contributed by atoms with Gasteiger partial charge in [-0.3, -0.25) is 4.79 Å². The number of carboxylic acids is 1. The molecule has 8 nitrogen and oxygen atoms in total. The summed E-state index contributed by atoms with van der Waals surface area (Å²) in [5, 5.41) is 14.7. The quantitative estimate of drug-likeness (QED) is 0.513. The van der Waals surface area contributed by atoms with Gasteiger partial charge in [-0.05, 0) is 85.4 Å². The summed E-state index contributed by atoms with van der Waals surface area (Å²) in [4.78, 5) is 37.7. The molecule has 0 radical (unpaired) electrons. The summed E-state index contributed by atoms with van der Waals surface area (Å²) in [6.07, 6.45) is 4.31. The summed E-state index contributed by atoms with van der Waals surface area (Å²) >= 11 is 0. The van der Waals surface area contributed by atoms with Crippen molar-refractivity contribution >= 4 is 29.5 Å². The zero-order valence-electron chi connectivity index (χ0n) is 20.1. The van der Waals surface area contributed by atoms with Crippen molar-refractivity contribution in [1.29, 1.82) is 0 Å². The van der Waals surface area contributed by atoms with Crippen LogP contribution in [0.15, 0.2) is 42.5 Å². The molecule has 0 saturated heterocycles. The van der Waals surface area contributed by atoms with Crippen LogP contribution in [0.3, 0.4) is 0 Å².